The largest absolute Gasteiger partial charge is 0.469 e. The van der Waals surface area contributed by atoms with Gasteiger partial charge in [0.2, 0.25) is 0 Å². The summed E-state index contributed by atoms with van der Waals surface area (Å²) in [6.45, 7) is 5.53. The minimum atomic E-state index is -0.469. The smallest absolute Gasteiger partial charge is 0.305 e. The molecule has 3 unspecified atom stereocenters. The molecule has 0 aromatic heterocycles. The molecule has 2 aliphatic heterocycles. The zero-order valence-corrected chi connectivity index (χ0v) is 25.4. The van der Waals surface area contributed by atoms with Gasteiger partial charge in [-0.1, -0.05) is 48.9 Å². The molecule has 3 fully saturated rings. The van der Waals surface area contributed by atoms with Crippen molar-refractivity contribution < 1.29 is 33.6 Å². The number of allylic oxidation sites excluding steroid dienone is 4. The molecule has 2 saturated heterocycles. The van der Waals surface area contributed by atoms with Gasteiger partial charge in [0.15, 0.2) is 12.6 Å². The molecule has 1 aliphatic carbocycles. The minimum absolute atomic E-state index is 0.0218. The van der Waals surface area contributed by atoms with Gasteiger partial charge < -0.3 is 28.8 Å². The first-order valence-corrected chi connectivity index (χ1v) is 15.7. The maximum absolute atomic E-state index is 11.4. The van der Waals surface area contributed by atoms with Gasteiger partial charge in [-0.05, 0) is 83.0 Å². The molecule has 7 nitrogen and oxygen atoms in total. The highest BCUT2D eigenvalue weighted by Gasteiger charge is 2.42. The highest BCUT2D eigenvalue weighted by molar-refractivity contribution is 6.29. The number of hydrogen-bond acceptors (Lipinski definition) is 7. The van der Waals surface area contributed by atoms with Crippen molar-refractivity contribution in [3.05, 3.63) is 35.4 Å². The summed E-state index contributed by atoms with van der Waals surface area (Å²) in [6.07, 6.45) is 19.7. The lowest BCUT2D eigenvalue weighted by molar-refractivity contribution is -0.193. The van der Waals surface area contributed by atoms with E-state index in [0.717, 1.165) is 82.5 Å². The van der Waals surface area contributed by atoms with E-state index in [-0.39, 0.29) is 48.5 Å². The van der Waals surface area contributed by atoms with Crippen LogP contribution in [0.3, 0.4) is 0 Å². The molecule has 3 aliphatic rings. The third kappa shape index (κ3) is 11.6. The van der Waals surface area contributed by atoms with Crippen LogP contribution in [0.5, 0.6) is 0 Å². The first kappa shape index (κ1) is 33.3. The second-order valence-electron chi connectivity index (χ2n) is 11.5. The van der Waals surface area contributed by atoms with Gasteiger partial charge in [-0.2, -0.15) is 0 Å². The highest BCUT2D eigenvalue weighted by Crippen LogP contribution is 2.40. The predicted octanol–water partition coefficient (Wildman–Crippen LogP) is 6.82. The Morgan fingerprint density at radius 2 is 1.82 bits per heavy atom. The van der Waals surface area contributed by atoms with Gasteiger partial charge in [0.05, 0.1) is 25.4 Å². The van der Waals surface area contributed by atoms with Crippen molar-refractivity contribution in [2.45, 2.75) is 122 Å². The summed E-state index contributed by atoms with van der Waals surface area (Å²) in [5.41, 5.74) is 0. The molecule has 2 heterocycles. The molecule has 1 saturated carbocycles. The molecule has 1 N–H and O–H groups in total. The first-order valence-electron chi connectivity index (χ1n) is 15.3. The van der Waals surface area contributed by atoms with E-state index in [1.165, 1.54) is 7.11 Å². The third-order valence-electron chi connectivity index (χ3n) is 8.21. The van der Waals surface area contributed by atoms with Crippen molar-refractivity contribution in [3.63, 3.8) is 0 Å². The molecule has 3 rings (SSSR count). The van der Waals surface area contributed by atoms with E-state index in [9.17, 15) is 9.90 Å². The Kier molecular flexibility index (Phi) is 15.3. The van der Waals surface area contributed by atoms with Gasteiger partial charge in [-0.15, -0.1) is 0 Å². The standard InChI is InChI=1S/C32H51ClO7/c1-23(16-17-24(2)33)28(39-31-14-8-10-20-37-31)19-18-26-25(12-6-4-5-7-13-30(35)36-3)27(34)22-29(26)40-32-15-9-11-21-38-32/h4,6,17-19,23,25-29,31-32,34H,5,7-16,20-22H2,1-3H3/t23?,25-,26-,27+,28-,29-,31?,32?/m1/s1. The molecule has 0 radical (unpaired) electrons. The van der Waals surface area contributed by atoms with Crippen molar-refractivity contribution in [1.82, 2.24) is 0 Å². The number of ether oxygens (including phenoxy) is 5. The average molecular weight is 583 g/mol. The number of carbonyl (C=O) groups is 1. The molecule has 40 heavy (non-hydrogen) atoms. The van der Waals surface area contributed by atoms with Crippen molar-refractivity contribution in [1.29, 1.82) is 0 Å². The number of unbranched alkanes of at least 4 members (excludes halogenated alkanes) is 1. The number of carbonyl (C=O) groups excluding carboxylic acids is 1. The average Bonchev–Trinajstić information content (AvgIpc) is 3.25. The molecule has 0 amide bonds. The van der Waals surface area contributed by atoms with Crippen LogP contribution in [0.1, 0.15) is 90.9 Å². The Morgan fingerprint density at radius 3 is 2.48 bits per heavy atom. The van der Waals surface area contributed by atoms with E-state index >= 15 is 0 Å². The van der Waals surface area contributed by atoms with Crippen molar-refractivity contribution in [2.24, 2.45) is 17.8 Å². The van der Waals surface area contributed by atoms with Gasteiger partial charge >= 0.3 is 5.97 Å². The fourth-order valence-electron chi connectivity index (χ4n) is 5.76. The van der Waals surface area contributed by atoms with Crippen LogP contribution in [0.25, 0.3) is 0 Å². The lowest BCUT2D eigenvalue weighted by Crippen LogP contribution is -2.32. The van der Waals surface area contributed by atoms with E-state index in [1.54, 1.807) is 0 Å². The summed E-state index contributed by atoms with van der Waals surface area (Å²) in [5, 5.41) is 11.9. The molecule has 0 aromatic rings. The predicted molar refractivity (Wildman–Crippen MR) is 157 cm³/mol. The van der Waals surface area contributed by atoms with Crippen LogP contribution in [0.4, 0.5) is 0 Å². The van der Waals surface area contributed by atoms with Crippen molar-refractivity contribution >= 4 is 17.6 Å². The summed E-state index contributed by atoms with van der Waals surface area (Å²) in [4.78, 5) is 11.4. The monoisotopic (exact) mass is 582 g/mol. The number of halogens is 1. The molecule has 0 aromatic carbocycles. The lowest BCUT2D eigenvalue weighted by atomic mass is 9.88. The molecule has 8 heteroatoms. The Labute approximate surface area is 246 Å². The number of methoxy groups -OCH3 is 1. The molecule has 8 atom stereocenters. The van der Waals surface area contributed by atoms with E-state index in [0.29, 0.717) is 12.8 Å². The fraction of sp³-hybridized carbons (Fsp3) is 0.781. The first-order chi connectivity index (χ1) is 19.4. The summed E-state index contributed by atoms with van der Waals surface area (Å²) >= 11 is 6.14. The number of aliphatic hydroxyl groups excluding tert-OH is 1. The van der Waals surface area contributed by atoms with Crippen LogP contribution in [-0.4, -0.2) is 62.3 Å². The zero-order chi connectivity index (χ0) is 28.7. The fourth-order valence-corrected chi connectivity index (χ4v) is 5.85. The van der Waals surface area contributed by atoms with Crippen LogP contribution in [0, 0.1) is 17.8 Å². The summed E-state index contributed by atoms with van der Waals surface area (Å²) in [5.74, 6) is 0.0664. The number of hydrogen-bond donors (Lipinski definition) is 1. The summed E-state index contributed by atoms with van der Waals surface area (Å²) < 4.78 is 29.5. The topological polar surface area (TPSA) is 83.5 Å². The number of rotatable bonds is 15. The van der Waals surface area contributed by atoms with Gasteiger partial charge in [-0.25, -0.2) is 0 Å². The van der Waals surface area contributed by atoms with Crippen LogP contribution in [-0.2, 0) is 28.5 Å². The SMILES string of the molecule is COC(=O)CCCC=CC[C@@H]1[C@@H](C=C[C@@H](OC2CCCCO2)C(C)CC=C(C)Cl)[C@H](OC2CCCCO2)C[C@@H]1O. The van der Waals surface area contributed by atoms with Gasteiger partial charge in [-0.3, -0.25) is 4.79 Å². The number of esters is 1. The highest BCUT2D eigenvalue weighted by atomic mass is 35.5. The Hall–Kier alpha value is -1.22. The van der Waals surface area contributed by atoms with E-state index in [1.807, 2.05) is 13.0 Å². The Balaban J connectivity index is 1.72. The summed E-state index contributed by atoms with van der Waals surface area (Å²) in [7, 11) is 1.42. The molecular formula is C32H51ClO7. The number of aliphatic hydroxyl groups is 1. The summed E-state index contributed by atoms with van der Waals surface area (Å²) in [6, 6.07) is 0. The molecular weight excluding hydrogens is 532 g/mol. The van der Waals surface area contributed by atoms with E-state index in [4.69, 9.17) is 35.3 Å². The van der Waals surface area contributed by atoms with Crippen LogP contribution in [0.15, 0.2) is 35.4 Å². The van der Waals surface area contributed by atoms with Crippen molar-refractivity contribution in [3.8, 4) is 0 Å². The minimum Gasteiger partial charge on any atom is -0.469 e. The van der Waals surface area contributed by atoms with Crippen LogP contribution >= 0.6 is 11.6 Å². The molecule has 0 spiro atoms. The molecule has 0 bridgehead atoms. The lowest BCUT2D eigenvalue weighted by Gasteiger charge is -2.31. The molecule has 228 valence electrons. The third-order valence-corrected chi connectivity index (χ3v) is 8.37. The van der Waals surface area contributed by atoms with E-state index < -0.39 is 6.10 Å². The normalized spacial score (nSPS) is 31.6. The maximum Gasteiger partial charge on any atom is 0.305 e. The second-order valence-corrected chi connectivity index (χ2v) is 12.1. The Morgan fingerprint density at radius 1 is 1.10 bits per heavy atom. The van der Waals surface area contributed by atoms with E-state index in [2.05, 4.69) is 31.2 Å². The Bertz CT molecular complexity index is 812. The van der Waals surface area contributed by atoms with Gasteiger partial charge in [0, 0.05) is 37.0 Å². The van der Waals surface area contributed by atoms with Gasteiger partial charge in [0.25, 0.3) is 0 Å². The van der Waals surface area contributed by atoms with Crippen LogP contribution in [0.2, 0.25) is 0 Å². The quantitative estimate of drug-likeness (QED) is 0.129. The second kappa shape index (κ2) is 18.3. The zero-order valence-electron chi connectivity index (χ0n) is 24.7. The van der Waals surface area contributed by atoms with Crippen molar-refractivity contribution in [2.75, 3.05) is 20.3 Å². The van der Waals surface area contributed by atoms with Crippen LogP contribution < -0.4 is 0 Å². The van der Waals surface area contributed by atoms with Gasteiger partial charge in [0.1, 0.15) is 0 Å². The maximum atomic E-state index is 11.4.